The fourth-order valence-corrected chi connectivity index (χ4v) is 2.04. The van der Waals surface area contributed by atoms with Crippen LogP contribution in [0.15, 0.2) is 0 Å². The summed E-state index contributed by atoms with van der Waals surface area (Å²) in [6.45, 7) is 5.99. The zero-order valence-electron chi connectivity index (χ0n) is 11.2. The molecule has 0 aromatic heterocycles. The third-order valence-corrected chi connectivity index (χ3v) is 3.15. The van der Waals surface area contributed by atoms with Crippen LogP contribution in [0, 0.1) is 0 Å². The van der Waals surface area contributed by atoms with Crippen molar-refractivity contribution in [2.45, 2.75) is 25.9 Å². The van der Waals surface area contributed by atoms with E-state index in [4.69, 9.17) is 4.74 Å². The Balaban J connectivity index is 2.30. The second-order valence-electron chi connectivity index (χ2n) is 4.57. The number of carbonyl (C=O) groups excluding carboxylic acids is 1. The fraction of sp³-hybridized carbons (Fsp3) is 0.917. The molecular weight excluding hydrogens is 218 g/mol. The lowest BCUT2D eigenvalue weighted by atomic mass is 10.2. The van der Waals surface area contributed by atoms with Gasteiger partial charge in [0.25, 0.3) is 0 Å². The van der Waals surface area contributed by atoms with E-state index in [-0.39, 0.29) is 12.1 Å². The maximum Gasteiger partial charge on any atom is 0.237 e. The molecule has 0 saturated carbocycles. The molecule has 1 rings (SSSR count). The maximum atomic E-state index is 11.7. The predicted molar refractivity (Wildman–Crippen MR) is 67.8 cm³/mol. The summed E-state index contributed by atoms with van der Waals surface area (Å²) in [5, 5.41) is 3.26. The van der Waals surface area contributed by atoms with Gasteiger partial charge in [-0.1, -0.05) is 13.3 Å². The molecule has 0 aromatic carbocycles. The number of hydrogen-bond donors (Lipinski definition) is 1. The standard InChI is InChI=1S/C12H25N3O2/c1-4-5-11-13-10-12(16)15(11)7-6-14(2)8-9-17-3/h11,13H,4-10H2,1-3H3. The Morgan fingerprint density at radius 1 is 1.53 bits per heavy atom. The zero-order valence-corrected chi connectivity index (χ0v) is 11.2. The van der Waals surface area contributed by atoms with Gasteiger partial charge in [-0.2, -0.15) is 0 Å². The first-order valence-electron chi connectivity index (χ1n) is 6.39. The summed E-state index contributed by atoms with van der Waals surface area (Å²) in [6.07, 6.45) is 2.37. The molecule has 0 radical (unpaired) electrons. The number of likely N-dealkylation sites (N-methyl/N-ethyl adjacent to an activating group) is 1. The summed E-state index contributed by atoms with van der Waals surface area (Å²) in [6, 6.07) is 0. The monoisotopic (exact) mass is 243 g/mol. The first kappa shape index (κ1) is 14.4. The van der Waals surface area contributed by atoms with Crippen molar-refractivity contribution >= 4 is 5.91 Å². The Morgan fingerprint density at radius 3 is 2.94 bits per heavy atom. The summed E-state index contributed by atoms with van der Waals surface area (Å²) in [7, 11) is 3.76. The topological polar surface area (TPSA) is 44.8 Å². The summed E-state index contributed by atoms with van der Waals surface area (Å²) in [5.74, 6) is 0.226. The number of nitrogens with one attached hydrogen (secondary N) is 1. The highest BCUT2D eigenvalue weighted by Gasteiger charge is 2.29. The molecule has 0 spiro atoms. The van der Waals surface area contributed by atoms with Gasteiger partial charge in [-0.15, -0.1) is 0 Å². The lowest BCUT2D eigenvalue weighted by Crippen LogP contribution is -2.42. The molecule has 1 heterocycles. The Hall–Kier alpha value is -0.650. The SMILES string of the molecule is CCCC1NCC(=O)N1CCN(C)CCOC. The highest BCUT2D eigenvalue weighted by molar-refractivity contribution is 5.80. The first-order valence-corrected chi connectivity index (χ1v) is 6.39. The van der Waals surface area contributed by atoms with Gasteiger partial charge in [0.15, 0.2) is 0 Å². The van der Waals surface area contributed by atoms with Gasteiger partial charge in [0.2, 0.25) is 5.91 Å². The van der Waals surface area contributed by atoms with E-state index < -0.39 is 0 Å². The molecule has 5 heteroatoms. The van der Waals surface area contributed by atoms with Gasteiger partial charge in [-0.05, 0) is 13.5 Å². The second kappa shape index (κ2) is 7.63. The molecular formula is C12H25N3O2. The molecule has 100 valence electrons. The molecule has 17 heavy (non-hydrogen) atoms. The summed E-state index contributed by atoms with van der Waals surface area (Å²) in [5.41, 5.74) is 0. The zero-order chi connectivity index (χ0) is 12.7. The largest absolute Gasteiger partial charge is 0.383 e. The number of hydrogen-bond acceptors (Lipinski definition) is 4. The number of nitrogens with zero attached hydrogens (tertiary/aromatic N) is 2. The van der Waals surface area contributed by atoms with E-state index in [1.807, 2.05) is 4.90 Å². The molecule has 5 nitrogen and oxygen atoms in total. The van der Waals surface area contributed by atoms with E-state index in [2.05, 4.69) is 24.2 Å². The molecule has 1 aliphatic heterocycles. The number of rotatable bonds is 8. The van der Waals surface area contributed by atoms with Crippen LogP contribution < -0.4 is 5.32 Å². The van der Waals surface area contributed by atoms with Crippen LogP contribution in [0.4, 0.5) is 0 Å². The van der Waals surface area contributed by atoms with Crippen LogP contribution in [0.2, 0.25) is 0 Å². The van der Waals surface area contributed by atoms with E-state index in [0.29, 0.717) is 6.54 Å². The van der Waals surface area contributed by atoms with Crippen molar-refractivity contribution in [2.75, 3.05) is 46.9 Å². The van der Waals surface area contributed by atoms with Gasteiger partial charge in [0.05, 0.1) is 19.3 Å². The lowest BCUT2D eigenvalue weighted by Gasteiger charge is -2.26. The van der Waals surface area contributed by atoms with E-state index in [1.165, 1.54) is 0 Å². The quantitative estimate of drug-likeness (QED) is 0.658. The van der Waals surface area contributed by atoms with Gasteiger partial charge >= 0.3 is 0 Å². The molecule has 0 bridgehead atoms. The summed E-state index contributed by atoms with van der Waals surface area (Å²) in [4.78, 5) is 15.9. The van der Waals surface area contributed by atoms with Crippen LogP contribution in [0.3, 0.4) is 0 Å². The van der Waals surface area contributed by atoms with Crippen molar-refractivity contribution in [1.82, 2.24) is 15.1 Å². The average molecular weight is 243 g/mol. The van der Waals surface area contributed by atoms with E-state index in [9.17, 15) is 4.79 Å². The number of ether oxygens (including phenoxy) is 1. The summed E-state index contributed by atoms with van der Waals surface area (Å²) >= 11 is 0. The predicted octanol–water partition coefficient (Wildman–Crippen LogP) is 0.123. The van der Waals surface area contributed by atoms with Gasteiger partial charge < -0.3 is 14.5 Å². The minimum atomic E-state index is 0.226. The van der Waals surface area contributed by atoms with Crippen LogP contribution in [0.5, 0.6) is 0 Å². The molecule has 0 aliphatic carbocycles. The summed E-state index contributed by atoms with van der Waals surface area (Å²) < 4.78 is 5.03. The maximum absolute atomic E-state index is 11.7. The third kappa shape index (κ3) is 4.61. The molecule has 1 fully saturated rings. The van der Waals surface area contributed by atoms with Gasteiger partial charge in [0.1, 0.15) is 0 Å². The number of methoxy groups -OCH3 is 1. The van der Waals surface area contributed by atoms with Crippen LogP contribution in [0.25, 0.3) is 0 Å². The molecule has 1 unspecified atom stereocenters. The molecule has 1 saturated heterocycles. The van der Waals surface area contributed by atoms with E-state index in [0.717, 1.165) is 39.1 Å². The fourth-order valence-electron chi connectivity index (χ4n) is 2.04. The molecule has 1 atom stereocenters. The van der Waals surface area contributed by atoms with Crippen LogP contribution >= 0.6 is 0 Å². The van der Waals surface area contributed by atoms with Crippen molar-refractivity contribution in [1.29, 1.82) is 0 Å². The Morgan fingerprint density at radius 2 is 2.29 bits per heavy atom. The van der Waals surface area contributed by atoms with Crippen molar-refractivity contribution in [3.05, 3.63) is 0 Å². The van der Waals surface area contributed by atoms with Crippen molar-refractivity contribution < 1.29 is 9.53 Å². The van der Waals surface area contributed by atoms with E-state index in [1.54, 1.807) is 7.11 Å². The molecule has 1 amide bonds. The highest BCUT2D eigenvalue weighted by atomic mass is 16.5. The van der Waals surface area contributed by atoms with Crippen LogP contribution in [-0.4, -0.2) is 68.8 Å². The lowest BCUT2D eigenvalue weighted by molar-refractivity contribution is -0.128. The van der Waals surface area contributed by atoms with Gasteiger partial charge in [-0.25, -0.2) is 0 Å². The Labute approximate surface area is 104 Å². The second-order valence-corrected chi connectivity index (χ2v) is 4.57. The average Bonchev–Trinajstić information content (AvgIpc) is 2.66. The van der Waals surface area contributed by atoms with Crippen molar-refractivity contribution in [2.24, 2.45) is 0 Å². The van der Waals surface area contributed by atoms with E-state index >= 15 is 0 Å². The minimum absolute atomic E-state index is 0.226. The van der Waals surface area contributed by atoms with Crippen molar-refractivity contribution in [3.63, 3.8) is 0 Å². The number of carbonyl (C=O) groups is 1. The molecule has 0 aromatic rings. The normalized spacial score (nSPS) is 20.6. The van der Waals surface area contributed by atoms with Crippen LogP contribution in [-0.2, 0) is 9.53 Å². The van der Waals surface area contributed by atoms with Crippen LogP contribution in [0.1, 0.15) is 19.8 Å². The smallest absolute Gasteiger partial charge is 0.237 e. The third-order valence-electron chi connectivity index (χ3n) is 3.15. The highest BCUT2D eigenvalue weighted by Crippen LogP contribution is 2.10. The first-order chi connectivity index (χ1) is 8.19. The van der Waals surface area contributed by atoms with Gasteiger partial charge in [-0.3, -0.25) is 10.1 Å². The van der Waals surface area contributed by atoms with Gasteiger partial charge in [0, 0.05) is 26.7 Å². The molecule has 1 aliphatic rings. The Bertz CT molecular complexity index is 236. The van der Waals surface area contributed by atoms with Crippen molar-refractivity contribution in [3.8, 4) is 0 Å². The minimum Gasteiger partial charge on any atom is -0.383 e. The number of amides is 1. The Kier molecular flexibility index (Phi) is 6.47. The molecule has 1 N–H and O–H groups in total.